The van der Waals surface area contributed by atoms with Crippen molar-refractivity contribution in [2.45, 2.75) is 76.5 Å². The summed E-state index contributed by atoms with van der Waals surface area (Å²) in [6.07, 6.45) is 7.96. The number of hydrogen-bond acceptors (Lipinski definition) is 3. The summed E-state index contributed by atoms with van der Waals surface area (Å²) >= 11 is 0. The molecule has 2 fully saturated rings. The van der Waals surface area contributed by atoms with E-state index in [4.69, 9.17) is 4.74 Å². The minimum Gasteiger partial charge on any atom is -0.379 e. The molecular weight excluding hydrogens is 329 g/mol. The molecule has 0 bridgehead atoms. The highest BCUT2D eigenvalue weighted by Gasteiger charge is 2.35. The van der Waals surface area contributed by atoms with Crippen molar-refractivity contribution in [2.75, 3.05) is 6.61 Å². The first-order chi connectivity index (χ1) is 12.0. The van der Waals surface area contributed by atoms with Crippen LogP contribution in [0.2, 0.25) is 0 Å². The van der Waals surface area contributed by atoms with Crippen molar-refractivity contribution < 1.29 is 17.9 Å². The van der Waals surface area contributed by atoms with Crippen LogP contribution in [0.1, 0.15) is 75.6 Å². The van der Waals surface area contributed by atoms with Crippen LogP contribution < -0.4 is 0 Å². The summed E-state index contributed by atoms with van der Waals surface area (Å²) in [4.78, 5) is 7.02. The van der Waals surface area contributed by atoms with Gasteiger partial charge in [-0.25, -0.2) is 9.97 Å². The molecular formula is C19H27F3N2O. The zero-order valence-corrected chi connectivity index (χ0v) is 14.8. The van der Waals surface area contributed by atoms with Gasteiger partial charge >= 0.3 is 6.18 Å². The fourth-order valence-electron chi connectivity index (χ4n) is 4.58. The maximum absolute atomic E-state index is 12.6. The van der Waals surface area contributed by atoms with Crippen molar-refractivity contribution in [3.05, 3.63) is 23.8 Å². The fraction of sp³-hybridized carbons (Fsp3) is 0.789. The molecule has 3 rings (SSSR count). The molecule has 140 valence electrons. The summed E-state index contributed by atoms with van der Waals surface area (Å²) < 4.78 is 43.4. The van der Waals surface area contributed by atoms with Crippen LogP contribution in [0.3, 0.4) is 0 Å². The molecule has 0 spiro atoms. The monoisotopic (exact) mass is 356 g/mol. The van der Waals surface area contributed by atoms with Crippen molar-refractivity contribution in [2.24, 2.45) is 11.8 Å². The lowest BCUT2D eigenvalue weighted by atomic mass is 9.70. The van der Waals surface area contributed by atoms with Gasteiger partial charge in [0.05, 0.1) is 6.10 Å². The molecule has 25 heavy (non-hydrogen) atoms. The Morgan fingerprint density at radius 3 is 1.92 bits per heavy atom. The number of rotatable bonds is 4. The van der Waals surface area contributed by atoms with E-state index in [0.29, 0.717) is 12.0 Å². The van der Waals surface area contributed by atoms with Crippen LogP contribution in [0.15, 0.2) is 12.4 Å². The summed E-state index contributed by atoms with van der Waals surface area (Å²) in [5.41, 5.74) is 0.853. The first-order valence-electron chi connectivity index (χ1n) is 9.48. The highest BCUT2D eigenvalue weighted by Crippen LogP contribution is 2.43. The molecule has 2 aliphatic rings. The maximum Gasteiger partial charge on any atom is 0.451 e. The van der Waals surface area contributed by atoms with Crippen molar-refractivity contribution in [1.82, 2.24) is 9.97 Å². The van der Waals surface area contributed by atoms with Gasteiger partial charge in [0.1, 0.15) is 0 Å². The molecule has 0 atom stereocenters. The van der Waals surface area contributed by atoms with Gasteiger partial charge in [-0.2, -0.15) is 13.2 Å². The standard InChI is InChI=1S/C19H27F3N2O/c1-2-25-17-9-7-14(8-10-17)13-3-5-15(6-4-13)16-11-23-18(24-12-16)19(20,21)22/h11-15,17H,2-10H2,1H3/t13?,14-,15?,17-. The third-order valence-electron chi connectivity index (χ3n) is 5.96. The molecule has 0 unspecified atom stereocenters. The number of alkyl halides is 3. The van der Waals surface area contributed by atoms with Crippen molar-refractivity contribution in [1.29, 1.82) is 0 Å². The van der Waals surface area contributed by atoms with E-state index in [9.17, 15) is 13.2 Å². The quantitative estimate of drug-likeness (QED) is 0.728. The minimum absolute atomic E-state index is 0.304. The molecule has 0 aliphatic heterocycles. The Morgan fingerprint density at radius 2 is 1.44 bits per heavy atom. The second-order valence-corrected chi connectivity index (χ2v) is 7.44. The molecule has 1 aromatic rings. The van der Waals surface area contributed by atoms with Gasteiger partial charge in [-0.1, -0.05) is 0 Å². The molecule has 1 aromatic heterocycles. The SMILES string of the molecule is CCO[C@H]1CC[C@H](C2CCC(c3cnc(C(F)(F)F)nc3)CC2)CC1. The highest BCUT2D eigenvalue weighted by atomic mass is 19.4. The van der Waals surface area contributed by atoms with Crippen LogP contribution in [0.25, 0.3) is 0 Å². The average molecular weight is 356 g/mol. The van der Waals surface area contributed by atoms with E-state index < -0.39 is 12.0 Å². The van der Waals surface area contributed by atoms with Gasteiger partial charge in [0.2, 0.25) is 5.82 Å². The predicted molar refractivity (Wildman–Crippen MR) is 89.1 cm³/mol. The number of ether oxygens (including phenoxy) is 1. The molecule has 3 nitrogen and oxygen atoms in total. The minimum atomic E-state index is -4.46. The Morgan fingerprint density at radius 1 is 0.920 bits per heavy atom. The molecule has 0 aromatic carbocycles. The van der Waals surface area contributed by atoms with Crippen LogP contribution in [-0.2, 0) is 10.9 Å². The smallest absolute Gasteiger partial charge is 0.379 e. The Kier molecular flexibility index (Phi) is 5.97. The van der Waals surface area contributed by atoms with Gasteiger partial charge in [-0.15, -0.1) is 0 Å². The van der Waals surface area contributed by atoms with Gasteiger partial charge in [-0.05, 0) is 81.6 Å². The number of aromatic nitrogens is 2. The zero-order chi connectivity index (χ0) is 17.9. The molecule has 2 saturated carbocycles. The predicted octanol–water partition coefficient (Wildman–Crippen LogP) is 5.36. The van der Waals surface area contributed by atoms with E-state index in [0.717, 1.165) is 49.7 Å². The lowest BCUT2D eigenvalue weighted by Crippen LogP contribution is -2.28. The lowest BCUT2D eigenvalue weighted by Gasteiger charge is -2.37. The van der Waals surface area contributed by atoms with E-state index in [-0.39, 0.29) is 0 Å². The van der Waals surface area contributed by atoms with E-state index in [1.54, 1.807) is 0 Å². The number of hydrogen-bond donors (Lipinski definition) is 0. The molecule has 6 heteroatoms. The fourth-order valence-corrected chi connectivity index (χ4v) is 4.58. The molecule has 1 heterocycles. The Labute approximate surface area is 147 Å². The van der Waals surface area contributed by atoms with E-state index in [1.165, 1.54) is 38.1 Å². The Bertz CT molecular complexity index is 531. The first-order valence-corrected chi connectivity index (χ1v) is 9.48. The molecule has 0 radical (unpaired) electrons. The number of halogens is 3. The van der Waals surface area contributed by atoms with E-state index in [2.05, 4.69) is 16.9 Å². The second kappa shape index (κ2) is 8.02. The summed E-state index contributed by atoms with van der Waals surface area (Å²) in [5.74, 6) is 0.810. The van der Waals surface area contributed by atoms with Crippen LogP contribution in [-0.4, -0.2) is 22.7 Å². The van der Waals surface area contributed by atoms with Gasteiger partial charge in [0, 0.05) is 19.0 Å². The van der Waals surface area contributed by atoms with Crippen LogP contribution in [0, 0.1) is 11.8 Å². The van der Waals surface area contributed by atoms with Gasteiger partial charge in [0.15, 0.2) is 0 Å². The molecule has 0 N–H and O–H groups in total. The third kappa shape index (κ3) is 4.72. The summed E-state index contributed by atoms with van der Waals surface area (Å²) in [7, 11) is 0. The molecule has 0 saturated heterocycles. The van der Waals surface area contributed by atoms with Crippen LogP contribution in [0.5, 0.6) is 0 Å². The topological polar surface area (TPSA) is 35.0 Å². The van der Waals surface area contributed by atoms with Crippen molar-refractivity contribution >= 4 is 0 Å². The van der Waals surface area contributed by atoms with E-state index >= 15 is 0 Å². The highest BCUT2D eigenvalue weighted by molar-refractivity contribution is 5.13. The number of nitrogens with zero attached hydrogens (tertiary/aromatic N) is 2. The second-order valence-electron chi connectivity index (χ2n) is 7.44. The summed E-state index contributed by atoms with van der Waals surface area (Å²) in [5, 5.41) is 0. The van der Waals surface area contributed by atoms with Gasteiger partial charge < -0.3 is 4.74 Å². The average Bonchev–Trinajstić information content (AvgIpc) is 2.62. The van der Waals surface area contributed by atoms with Crippen LogP contribution in [0.4, 0.5) is 13.2 Å². The van der Waals surface area contributed by atoms with Gasteiger partial charge in [-0.3, -0.25) is 0 Å². The van der Waals surface area contributed by atoms with Crippen LogP contribution >= 0.6 is 0 Å². The van der Waals surface area contributed by atoms with Crippen molar-refractivity contribution in [3.63, 3.8) is 0 Å². The molecule has 2 aliphatic carbocycles. The van der Waals surface area contributed by atoms with E-state index in [1.807, 2.05) is 0 Å². The third-order valence-corrected chi connectivity index (χ3v) is 5.96. The largest absolute Gasteiger partial charge is 0.451 e. The van der Waals surface area contributed by atoms with Gasteiger partial charge in [0.25, 0.3) is 0 Å². The summed E-state index contributed by atoms with van der Waals surface area (Å²) in [6, 6.07) is 0. The maximum atomic E-state index is 12.6. The lowest BCUT2D eigenvalue weighted by molar-refractivity contribution is -0.145. The zero-order valence-electron chi connectivity index (χ0n) is 14.8. The molecule has 0 amide bonds. The first kappa shape index (κ1) is 18.6. The normalized spacial score (nSPS) is 31.0. The Hall–Kier alpha value is -1.17. The van der Waals surface area contributed by atoms with Crippen molar-refractivity contribution in [3.8, 4) is 0 Å². The Balaban J connectivity index is 1.49. The summed E-state index contributed by atoms with van der Waals surface area (Å²) in [6.45, 7) is 2.86.